The van der Waals surface area contributed by atoms with Crippen molar-refractivity contribution in [2.24, 2.45) is 5.73 Å². The molecule has 3 rings (SSSR count). The maximum absolute atomic E-state index is 11.7. The van der Waals surface area contributed by atoms with Crippen molar-refractivity contribution in [3.63, 3.8) is 0 Å². The average molecular weight is 293 g/mol. The Morgan fingerprint density at radius 2 is 2.05 bits per heavy atom. The maximum atomic E-state index is 11.7. The van der Waals surface area contributed by atoms with Gasteiger partial charge in [-0.15, -0.1) is 0 Å². The van der Waals surface area contributed by atoms with Gasteiger partial charge in [0, 0.05) is 0 Å². The third-order valence-corrected chi connectivity index (χ3v) is 4.15. The zero-order chi connectivity index (χ0) is 15.4. The average Bonchev–Trinajstić information content (AvgIpc) is 2.76. The highest BCUT2D eigenvalue weighted by Gasteiger charge is 2.22. The summed E-state index contributed by atoms with van der Waals surface area (Å²) in [4.78, 5) is 11.7. The number of fused-ring (bicyclic) bond motifs is 1. The van der Waals surface area contributed by atoms with Crippen molar-refractivity contribution in [3.8, 4) is 0 Å². The second-order valence-corrected chi connectivity index (χ2v) is 5.75. The normalized spacial score (nSPS) is 17.5. The van der Waals surface area contributed by atoms with E-state index in [0.717, 1.165) is 36.9 Å². The van der Waals surface area contributed by atoms with Gasteiger partial charge in [0.15, 0.2) is 0 Å². The zero-order valence-electron chi connectivity index (χ0n) is 12.6. The molecule has 0 aromatic heterocycles. The van der Waals surface area contributed by atoms with Crippen molar-refractivity contribution in [1.82, 2.24) is 5.32 Å². The van der Waals surface area contributed by atoms with Crippen LogP contribution in [0.2, 0.25) is 0 Å². The highest BCUT2D eigenvalue weighted by Crippen LogP contribution is 2.25. The van der Waals surface area contributed by atoms with E-state index in [1.807, 2.05) is 18.2 Å². The Morgan fingerprint density at radius 1 is 1.23 bits per heavy atom. The molecule has 1 aliphatic rings. The molecule has 3 N–H and O–H groups in total. The van der Waals surface area contributed by atoms with Crippen molar-refractivity contribution in [1.29, 1.82) is 0 Å². The van der Waals surface area contributed by atoms with E-state index in [1.165, 1.54) is 11.1 Å². The van der Waals surface area contributed by atoms with E-state index in [-0.39, 0.29) is 11.9 Å². The Bertz CT molecular complexity index is 652. The first-order valence-electron chi connectivity index (χ1n) is 7.77. The van der Waals surface area contributed by atoms with E-state index in [1.54, 1.807) is 0 Å². The van der Waals surface area contributed by atoms with E-state index in [2.05, 4.69) is 42.1 Å². The van der Waals surface area contributed by atoms with Crippen molar-refractivity contribution in [3.05, 3.63) is 77.2 Å². The summed E-state index contributed by atoms with van der Waals surface area (Å²) in [7, 11) is 0. The smallest absolute Gasteiger partial charge is 0.239 e. The molecule has 3 nitrogen and oxygen atoms in total. The van der Waals surface area contributed by atoms with Crippen LogP contribution in [0.3, 0.4) is 0 Å². The van der Waals surface area contributed by atoms with E-state index >= 15 is 0 Å². The van der Waals surface area contributed by atoms with Gasteiger partial charge in [-0.2, -0.15) is 0 Å². The van der Waals surface area contributed by atoms with Crippen LogP contribution in [0.25, 0.3) is 0 Å². The molecule has 22 heavy (non-hydrogen) atoms. The highest BCUT2D eigenvalue weighted by molar-refractivity contribution is 5.82. The molecule has 1 atom stereocenters. The number of amides is 1. The second kappa shape index (κ2) is 6.75. The molecule has 1 radical (unpaired) electrons. The van der Waals surface area contributed by atoms with Gasteiger partial charge in [0.1, 0.15) is 6.04 Å². The number of primary amides is 1. The Morgan fingerprint density at radius 3 is 2.82 bits per heavy atom. The molecule has 2 aromatic rings. The molecule has 0 spiro atoms. The lowest BCUT2D eigenvalue weighted by molar-refractivity contribution is -0.120. The highest BCUT2D eigenvalue weighted by atomic mass is 16.1. The molecule has 1 amide bonds. The third kappa shape index (κ3) is 3.37. The van der Waals surface area contributed by atoms with Crippen molar-refractivity contribution in [2.45, 2.75) is 25.3 Å². The first-order chi connectivity index (χ1) is 10.7. The van der Waals surface area contributed by atoms with Gasteiger partial charge >= 0.3 is 0 Å². The number of nitrogens with two attached hydrogens (primary N) is 1. The number of nitrogens with one attached hydrogen (secondary N) is 1. The molecule has 0 saturated carbocycles. The van der Waals surface area contributed by atoms with Gasteiger partial charge < -0.3 is 11.1 Å². The van der Waals surface area contributed by atoms with Crippen LogP contribution in [0.4, 0.5) is 0 Å². The maximum Gasteiger partial charge on any atom is 0.239 e. The molecule has 0 aliphatic carbocycles. The fraction of sp³-hybridized carbons (Fsp3) is 0.263. The number of hydrogen-bond donors (Lipinski definition) is 2. The van der Waals surface area contributed by atoms with Gasteiger partial charge in [-0.3, -0.25) is 4.79 Å². The van der Waals surface area contributed by atoms with Crippen LogP contribution in [0.5, 0.6) is 0 Å². The minimum absolute atomic E-state index is 0.302. The number of aryl methyl sites for hydroxylation is 1. The van der Waals surface area contributed by atoms with Gasteiger partial charge in [-0.05, 0) is 54.5 Å². The van der Waals surface area contributed by atoms with E-state index in [0.29, 0.717) is 0 Å². The van der Waals surface area contributed by atoms with Crippen LogP contribution in [0.15, 0.2) is 48.5 Å². The number of carbonyl (C=O) groups excluding carboxylic acids is 1. The van der Waals surface area contributed by atoms with E-state index < -0.39 is 0 Å². The molecule has 0 bridgehead atoms. The van der Waals surface area contributed by atoms with E-state index in [4.69, 9.17) is 5.73 Å². The lowest BCUT2D eigenvalue weighted by Gasteiger charge is -2.16. The Hall–Kier alpha value is -2.13. The summed E-state index contributed by atoms with van der Waals surface area (Å²) in [5.74, 6) is -0.302. The Labute approximate surface area is 131 Å². The molecule has 1 aliphatic heterocycles. The monoisotopic (exact) mass is 293 g/mol. The van der Waals surface area contributed by atoms with Crippen LogP contribution in [-0.4, -0.2) is 12.5 Å². The molecule has 2 aromatic carbocycles. The third-order valence-electron chi connectivity index (χ3n) is 4.15. The van der Waals surface area contributed by atoms with Gasteiger partial charge in [0.05, 0.1) is 0 Å². The molecule has 0 saturated heterocycles. The van der Waals surface area contributed by atoms with Crippen molar-refractivity contribution in [2.75, 3.05) is 6.54 Å². The first kappa shape index (κ1) is 14.8. The van der Waals surface area contributed by atoms with Crippen molar-refractivity contribution < 1.29 is 4.79 Å². The standard InChI is InChI=1S/C19H21N2O/c20-19(22)18-17-13-15(9-8-14-5-2-1-3-6-14)10-11-16(17)7-4-12-21-18/h1-3,5-6,9-11,13,18,21H,4,7-8,12H2,(H2,20,22). The quantitative estimate of drug-likeness (QED) is 0.910. The fourth-order valence-corrected chi connectivity index (χ4v) is 2.98. The summed E-state index contributed by atoms with van der Waals surface area (Å²) in [6.45, 7) is 0.825. The fourth-order valence-electron chi connectivity index (χ4n) is 2.98. The SMILES string of the molecule is NC(=O)C1NCCCc2ccc([CH]Cc3ccccc3)cc21. The van der Waals surface area contributed by atoms with Crippen LogP contribution < -0.4 is 11.1 Å². The molecule has 113 valence electrons. The molecule has 1 heterocycles. The minimum Gasteiger partial charge on any atom is -0.368 e. The second-order valence-electron chi connectivity index (χ2n) is 5.75. The number of rotatable bonds is 4. The predicted octanol–water partition coefficient (Wildman–Crippen LogP) is 2.54. The van der Waals surface area contributed by atoms with Crippen LogP contribution in [0.1, 0.15) is 34.7 Å². The number of benzene rings is 2. The number of hydrogen-bond acceptors (Lipinski definition) is 2. The van der Waals surface area contributed by atoms with Gasteiger partial charge in [-0.1, -0.05) is 48.5 Å². The first-order valence-corrected chi connectivity index (χ1v) is 7.77. The predicted molar refractivity (Wildman–Crippen MR) is 88.2 cm³/mol. The number of carbonyl (C=O) groups is 1. The summed E-state index contributed by atoms with van der Waals surface area (Å²) in [5, 5.41) is 3.25. The lowest BCUT2D eigenvalue weighted by Crippen LogP contribution is -2.33. The Kier molecular flexibility index (Phi) is 4.54. The summed E-state index contributed by atoms with van der Waals surface area (Å²) in [6.07, 6.45) is 5.10. The summed E-state index contributed by atoms with van der Waals surface area (Å²) in [6, 6.07) is 16.4. The van der Waals surface area contributed by atoms with Gasteiger partial charge in [-0.25, -0.2) is 0 Å². The largest absolute Gasteiger partial charge is 0.368 e. The molecular weight excluding hydrogens is 272 g/mol. The van der Waals surface area contributed by atoms with Crippen LogP contribution in [0, 0.1) is 6.42 Å². The summed E-state index contributed by atoms with van der Waals surface area (Å²) in [5.41, 5.74) is 10.2. The van der Waals surface area contributed by atoms with Gasteiger partial charge in [0.2, 0.25) is 5.91 Å². The van der Waals surface area contributed by atoms with Gasteiger partial charge in [0.25, 0.3) is 0 Å². The van der Waals surface area contributed by atoms with Crippen molar-refractivity contribution >= 4 is 5.91 Å². The summed E-state index contributed by atoms with van der Waals surface area (Å²) < 4.78 is 0. The zero-order valence-corrected chi connectivity index (χ0v) is 12.6. The molecule has 3 heteroatoms. The molecule has 0 fully saturated rings. The molecule has 1 unspecified atom stereocenters. The minimum atomic E-state index is -0.373. The van der Waals surface area contributed by atoms with E-state index in [9.17, 15) is 4.79 Å². The Balaban J connectivity index is 1.81. The molecular formula is C19H21N2O. The topological polar surface area (TPSA) is 55.1 Å². The summed E-state index contributed by atoms with van der Waals surface area (Å²) >= 11 is 0. The van der Waals surface area contributed by atoms with Crippen LogP contribution >= 0.6 is 0 Å². The van der Waals surface area contributed by atoms with Crippen LogP contribution in [-0.2, 0) is 17.6 Å². The lowest BCUT2D eigenvalue weighted by atomic mass is 9.94.